The van der Waals surface area contributed by atoms with Crippen LogP contribution < -0.4 is 19.7 Å². The predicted octanol–water partition coefficient (Wildman–Crippen LogP) is 4.32. The summed E-state index contributed by atoms with van der Waals surface area (Å²) < 4.78 is 11.4. The van der Waals surface area contributed by atoms with Crippen LogP contribution in [-0.2, 0) is 9.59 Å². The van der Waals surface area contributed by atoms with E-state index in [1.807, 2.05) is 43.3 Å². The van der Waals surface area contributed by atoms with Gasteiger partial charge in [0.1, 0.15) is 18.1 Å². The van der Waals surface area contributed by atoms with Crippen molar-refractivity contribution in [1.29, 1.82) is 0 Å². The molecular formula is C24H28N2O4. The van der Waals surface area contributed by atoms with Gasteiger partial charge < -0.3 is 19.7 Å². The SMILES string of the molecule is Cc1cccc(OCCN2C(=O)COc3cc(NC(=O)C4CCCCC4)ccc32)c1. The Morgan fingerprint density at radius 3 is 2.80 bits per heavy atom. The van der Waals surface area contributed by atoms with E-state index in [9.17, 15) is 9.59 Å². The molecule has 0 aromatic heterocycles. The van der Waals surface area contributed by atoms with E-state index in [1.165, 1.54) is 6.42 Å². The summed E-state index contributed by atoms with van der Waals surface area (Å²) >= 11 is 0. The van der Waals surface area contributed by atoms with Gasteiger partial charge in [-0.3, -0.25) is 9.59 Å². The van der Waals surface area contributed by atoms with Crippen LogP contribution >= 0.6 is 0 Å². The molecular weight excluding hydrogens is 380 g/mol. The molecule has 2 aromatic rings. The molecule has 6 heteroatoms. The Hall–Kier alpha value is -3.02. The molecule has 1 heterocycles. The van der Waals surface area contributed by atoms with E-state index in [1.54, 1.807) is 11.0 Å². The highest BCUT2D eigenvalue weighted by Crippen LogP contribution is 2.35. The second-order valence-electron chi connectivity index (χ2n) is 8.01. The number of nitrogens with one attached hydrogen (secondary N) is 1. The Labute approximate surface area is 177 Å². The Balaban J connectivity index is 1.40. The second-order valence-corrected chi connectivity index (χ2v) is 8.01. The number of aryl methyl sites for hydroxylation is 1. The number of carbonyl (C=O) groups is 2. The van der Waals surface area contributed by atoms with Crippen molar-refractivity contribution in [2.75, 3.05) is 30.0 Å². The smallest absolute Gasteiger partial charge is 0.265 e. The van der Waals surface area contributed by atoms with Gasteiger partial charge in [0.15, 0.2) is 6.61 Å². The van der Waals surface area contributed by atoms with E-state index in [-0.39, 0.29) is 24.3 Å². The summed E-state index contributed by atoms with van der Waals surface area (Å²) in [6.45, 7) is 2.81. The maximum Gasteiger partial charge on any atom is 0.265 e. The molecule has 158 valence electrons. The maximum absolute atomic E-state index is 12.5. The lowest BCUT2D eigenvalue weighted by Crippen LogP contribution is -2.41. The Kier molecular flexibility index (Phi) is 6.21. The molecule has 0 spiro atoms. The molecule has 1 saturated carbocycles. The van der Waals surface area contributed by atoms with Gasteiger partial charge in [0.25, 0.3) is 5.91 Å². The first-order valence-corrected chi connectivity index (χ1v) is 10.7. The van der Waals surface area contributed by atoms with Crippen molar-refractivity contribution in [3.05, 3.63) is 48.0 Å². The molecule has 1 fully saturated rings. The number of hydrogen-bond donors (Lipinski definition) is 1. The first kappa shape index (κ1) is 20.3. The summed E-state index contributed by atoms with van der Waals surface area (Å²) in [5.74, 6) is 1.45. The van der Waals surface area contributed by atoms with Crippen LogP contribution in [0.1, 0.15) is 37.7 Å². The van der Waals surface area contributed by atoms with Crippen molar-refractivity contribution in [1.82, 2.24) is 0 Å². The summed E-state index contributed by atoms with van der Waals surface area (Å²) in [6, 6.07) is 13.3. The van der Waals surface area contributed by atoms with Crippen molar-refractivity contribution >= 4 is 23.2 Å². The summed E-state index contributed by atoms with van der Waals surface area (Å²) in [5.41, 5.74) is 2.53. The van der Waals surface area contributed by atoms with Gasteiger partial charge in [-0.25, -0.2) is 0 Å². The van der Waals surface area contributed by atoms with Gasteiger partial charge in [-0.05, 0) is 49.6 Å². The van der Waals surface area contributed by atoms with Gasteiger partial charge in [-0.15, -0.1) is 0 Å². The zero-order valence-electron chi connectivity index (χ0n) is 17.4. The van der Waals surface area contributed by atoms with Gasteiger partial charge in [0, 0.05) is 17.7 Å². The normalized spacial score (nSPS) is 16.6. The van der Waals surface area contributed by atoms with E-state index in [2.05, 4.69) is 5.32 Å². The second kappa shape index (κ2) is 9.20. The van der Waals surface area contributed by atoms with E-state index < -0.39 is 0 Å². The average Bonchev–Trinajstić information content (AvgIpc) is 2.76. The fourth-order valence-corrected chi connectivity index (χ4v) is 4.10. The van der Waals surface area contributed by atoms with Crippen LogP contribution in [-0.4, -0.2) is 31.6 Å². The van der Waals surface area contributed by atoms with Crippen molar-refractivity contribution in [3.63, 3.8) is 0 Å². The topological polar surface area (TPSA) is 67.9 Å². The van der Waals surface area contributed by atoms with Gasteiger partial charge in [-0.2, -0.15) is 0 Å². The average molecular weight is 408 g/mol. The predicted molar refractivity (Wildman–Crippen MR) is 116 cm³/mol. The summed E-state index contributed by atoms with van der Waals surface area (Å²) in [7, 11) is 0. The monoisotopic (exact) mass is 408 g/mol. The molecule has 30 heavy (non-hydrogen) atoms. The number of nitrogens with zero attached hydrogens (tertiary/aromatic N) is 1. The number of hydrogen-bond acceptors (Lipinski definition) is 4. The first-order chi connectivity index (χ1) is 14.6. The maximum atomic E-state index is 12.5. The number of anilines is 2. The molecule has 1 N–H and O–H groups in total. The Bertz CT molecular complexity index is 921. The lowest BCUT2D eigenvalue weighted by atomic mass is 9.88. The van der Waals surface area contributed by atoms with Crippen molar-refractivity contribution in [3.8, 4) is 11.5 Å². The van der Waals surface area contributed by atoms with Crippen LogP contribution in [0.2, 0.25) is 0 Å². The van der Waals surface area contributed by atoms with E-state index in [0.717, 1.165) is 37.0 Å². The molecule has 1 aliphatic carbocycles. The molecule has 2 aliphatic rings. The molecule has 2 aromatic carbocycles. The molecule has 0 radical (unpaired) electrons. The minimum atomic E-state index is -0.102. The summed E-state index contributed by atoms with van der Waals surface area (Å²) in [4.78, 5) is 26.6. The third kappa shape index (κ3) is 4.75. The molecule has 1 aliphatic heterocycles. The molecule has 2 amide bonds. The molecule has 4 rings (SSSR count). The van der Waals surface area contributed by atoms with E-state index >= 15 is 0 Å². The third-order valence-electron chi connectivity index (χ3n) is 5.72. The van der Waals surface area contributed by atoms with Crippen LogP contribution in [0.4, 0.5) is 11.4 Å². The number of ether oxygens (including phenoxy) is 2. The zero-order valence-corrected chi connectivity index (χ0v) is 17.4. The van der Waals surface area contributed by atoms with Crippen LogP contribution in [0.3, 0.4) is 0 Å². The number of rotatable bonds is 6. The summed E-state index contributed by atoms with van der Waals surface area (Å²) in [5, 5.41) is 3.01. The Morgan fingerprint density at radius 2 is 2.00 bits per heavy atom. The minimum Gasteiger partial charge on any atom is -0.492 e. The number of amides is 2. The van der Waals surface area contributed by atoms with Crippen molar-refractivity contribution in [2.45, 2.75) is 39.0 Å². The zero-order chi connectivity index (χ0) is 20.9. The lowest BCUT2D eigenvalue weighted by molar-refractivity contribution is -0.122. The molecule has 0 atom stereocenters. The van der Waals surface area contributed by atoms with Crippen LogP contribution in [0.15, 0.2) is 42.5 Å². The largest absolute Gasteiger partial charge is 0.492 e. The molecule has 0 unspecified atom stereocenters. The molecule has 0 bridgehead atoms. The molecule has 6 nitrogen and oxygen atoms in total. The van der Waals surface area contributed by atoms with Crippen LogP contribution in [0.5, 0.6) is 11.5 Å². The van der Waals surface area contributed by atoms with E-state index in [4.69, 9.17) is 9.47 Å². The fourth-order valence-electron chi connectivity index (χ4n) is 4.10. The van der Waals surface area contributed by atoms with Crippen LogP contribution in [0.25, 0.3) is 0 Å². The fraction of sp³-hybridized carbons (Fsp3) is 0.417. The molecule has 0 saturated heterocycles. The van der Waals surface area contributed by atoms with Gasteiger partial charge >= 0.3 is 0 Å². The summed E-state index contributed by atoms with van der Waals surface area (Å²) in [6.07, 6.45) is 5.36. The number of benzene rings is 2. The quantitative estimate of drug-likeness (QED) is 0.773. The number of carbonyl (C=O) groups excluding carboxylic acids is 2. The van der Waals surface area contributed by atoms with Gasteiger partial charge in [-0.1, -0.05) is 31.4 Å². The van der Waals surface area contributed by atoms with E-state index in [0.29, 0.717) is 30.3 Å². The highest BCUT2D eigenvalue weighted by atomic mass is 16.5. The Morgan fingerprint density at radius 1 is 1.17 bits per heavy atom. The first-order valence-electron chi connectivity index (χ1n) is 10.7. The van der Waals surface area contributed by atoms with Crippen LogP contribution in [0, 0.1) is 12.8 Å². The highest BCUT2D eigenvalue weighted by molar-refractivity contribution is 5.99. The van der Waals surface area contributed by atoms with Gasteiger partial charge in [0.05, 0.1) is 12.2 Å². The highest BCUT2D eigenvalue weighted by Gasteiger charge is 2.26. The van der Waals surface area contributed by atoms with Crippen molar-refractivity contribution < 1.29 is 19.1 Å². The minimum absolute atomic E-state index is 0.0164. The lowest BCUT2D eigenvalue weighted by Gasteiger charge is -2.30. The number of fused-ring (bicyclic) bond motifs is 1. The third-order valence-corrected chi connectivity index (χ3v) is 5.72. The van der Waals surface area contributed by atoms with Crippen molar-refractivity contribution in [2.24, 2.45) is 5.92 Å². The standard InChI is InChI=1S/C24H28N2O4/c1-17-6-5-9-20(14-17)29-13-12-26-21-11-10-19(15-22(21)30-16-23(26)27)25-24(28)18-7-3-2-4-8-18/h5-6,9-11,14-15,18H,2-4,7-8,12-13,16H2,1H3,(H,25,28). The van der Waals surface area contributed by atoms with Gasteiger partial charge in [0.2, 0.25) is 5.91 Å².